The van der Waals surface area contributed by atoms with Gasteiger partial charge in [0.2, 0.25) is 0 Å². The first-order valence-electron chi connectivity index (χ1n) is 5.26. The molecule has 0 aromatic carbocycles. The van der Waals surface area contributed by atoms with Crippen LogP contribution in [0.3, 0.4) is 0 Å². The van der Waals surface area contributed by atoms with Gasteiger partial charge in [0.25, 0.3) is 0 Å². The van der Waals surface area contributed by atoms with Gasteiger partial charge in [-0.25, -0.2) is 14.6 Å². The molecule has 0 bridgehead atoms. The van der Waals surface area contributed by atoms with Crippen LogP contribution in [0.5, 0.6) is 0 Å². The van der Waals surface area contributed by atoms with Crippen LogP contribution in [0, 0.1) is 0 Å². The molecule has 17 heavy (non-hydrogen) atoms. The van der Waals surface area contributed by atoms with E-state index in [2.05, 4.69) is 20.6 Å². The molecule has 0 fully saturated rings. The smallest absolute Gasteiger partial charge is 0.326 e. The van der Waals surface area contributed by atoms with Gasteiger partial charge in [-0.15, -0.1) is 0 Å². The summed E-state index contributed by atoms with van der Waals surface area (Å²) in [6.07, 6.45) is 3.15. The highest BCUT2D eigenvalue weighted by Crippen LogP contribution is 1.98. The maximum absolute atomic E-state index is 11.4. The SMILES string of the molecule is CC(C)NC(=O)N[C@@H](Cc1cnc[nH]1)C(=O)O. The molecule has 1 heterocycles. The number of carboxylic acids is 1. The number of hydrogen-bond acceptors (Lipinski definition) is 3. The lowest BCUT2D eigenvalue weighted by atomic mass is 10.2. The molecule has 7 heteroatoms. The van der Waals surface area contributed by atoms with Crippen molar-refractivity contribution < 1.29 is 14.7 Å². The third-order valence-corrected chi connectivity index (χ3v) is 2.00. The molecule has 4 N–H and O–H groups in total. The number of aromatic nitrogens is 2. The van der Waals surface area contributed by atoms with Gasteiger partial charge < -0.3 is 20.7 Å². The molecule has 7 nitrogen and oxygen atoms in total. The largest absolute Gasteiger partial charge is 0.480 e. The highest BCUT2D eigenvalue weighted by atomic mass is 16.4. The Morgan fingerprint density at radius 1 is 1.47 bits per heavy atom. The van der Waals surface area contributed by atoms with Crippen LogP contribution in [0.25, 0.3) is 0 Å². The molecule has 1 aromatic heterocycles. The van der Waals surface area contributed by atoms with E-state index < -0.39 is 18.0 Å². The van der Waals surface area contributed by atoms with Gasteiger partial charge in [0, 0.05) is 24.4 Å². The van der Waals surface area contributed by atoms with Crippen molar-refractivity contribution in [2.45, 2.75) is 32.4 Å². The van der Waals surface area contributed by atoms with Crippen LogP contribution in [0.2, 0.25) is 0 Å². The number of nitrogens with one attached hydrogen (secondary N) is 3. The van der Waals surface area contributed by atoms with Crippen molar-refractivity contribution in [3.05, 3.63) is 18.2 Å². The summed E-state index contributed by atoms with van der Waals surface area (Å²) in [5, 5.41) is 13.9. The van der Waals surface area contributed by atoms with Crippen molar-refractivity contribution in [2.75, 3.05) is 0 Å². The van der Waals surface area contributed by atoms with Gasteiger partial charge in [0.1, 0.15) is 6.04 Å². The summed E-state index contributed by atoms with van der Waals surface area (Å²) in [4.78, 5) is 28.9. The normalized spacial score (nSPS) is 12.2. The number of carboxylic acid groups (broad SMARTS) is 1. The summed E-state index contributed by atoms with van der Waals surface area (Å²) >= 11 is 0. The molecule has 0 aliphatic rings. The molecule has 94 valence electrons. The zero-order valence-corrected chi connectivity index (χ0v) is 9.73. The number of H-pyrrole nitrogens is 1. The molecule has 1 atom stereocenters. The van der Waals surface area contributed by atoms with Gasteiger partial charge in [-0.05, 0) is 13.8 Å². The average Bonchev–Trinajstić information content (AvgIpc) is 2.67. The second kappa shape index (κ2) is 5.88. The molecule has 0 aliphatic carbocycles. The number of aromatic amines is 1. The van der Waals surface area contributed by atoms with Crippen LogP contribution in [0.1, 0.15) is 19.5 Å². The third kappa shape index (κ3) is 4.54. The number of nitrogens with zero attached hydrogens (tertiary/aromatic N) is 1. The van der Waals surface area contributed by atoms with E-state index in [1.165, 1.54) is 12.5 Å². The van der Waals surface area contributed by atoms with Gasteiger partial charge in [0.15, 0.2) is 0 Å². The summed E-state index contributed by atoms with van der Waals surface area (Å²) in [5.74, 6) is -1.08. The first-order chi connectivity index (χ1) is 7.99. The molecule has 2 amide bonds. The molecule has 0 saturated heterocycles. The minimum atomic E-state index is -1.08. The number of amides is 2. The van der Waals surface area contributed by atoms with Crippen LogP contribution < -0.4 is 10.6 Å². The van der Waals surface area contributed by atoms with E-state index in [1.807, 2.05) is 0 Å². The molecule has 0 unspecified atom stereocenters. The molecule has 0 radical (unpaired) electrons. The van der Waals surface area contributed by atoms with Crippen LogP contribution in [-0.4, -0.2) is 39.2 Å². The maximum Gasteiger partial charge on any atom is 0.326 e. The summed E-state index contributed by atoms with van der Waals surface area (Å²) < 4.78 is 0. The average molecular weight is 240 g/mol. The number of imidazole rings is 1. The predicted molar refractivity (Wildman–Crippen MR) is 60.5 cm³/mol. The second-order valence-electron chi connectivity index (χ2n) is 3.94. The first-order valence-corrected chi connectivity index (χ1v) is 5.26. The molecule has 1 aromatic rings. The fourth-order valence-electron chi connectivity index (χ4n) is 1.28. The van der Waals surface area contributed by atoms with Crippen LogP contribution in [-0.2, 0) is 11.2 Å². The van der Waals surface area contributed by atoms with Crippen LogP contribution in [0.4, 0.5) is 4.79 Å². The Morgan fingerprint density at radius 3 is 2.65 bits per heavy atom. The van der Waals surface area contributed by atoms with E-state index >= 15 is 0 Å². The summed E-state index contributed by atoms with van der Waals surface area (Å²) in [7, 11) is 0. The maximum atomic E-state index is 11.4. The van der Waals surface area contributed by atoms with Crippen molar-refractivity contribution >= 4 is 12.0 Å². The zero-order valence-electron chi connectivity index (χ0n) is 9.73. The standard InChI is InChI=1S/C10H16N4O3/c1-6(2)13-10(17)14-8(9(15)16)3-7-4-11-5-12-7/h4-6,8H,3H2,1-2H3,(H,11,12)(H,15,16)(H2,13,14,17)/t8-/m0/s1. The van der Waals surface area contributed by atoms with Crippen LogP contribution in [0.15, 0.2) is 12.5 Å². The predicted octanol–water partition coefficient (Wildman–Crippen LogP) is 0.113. The Bertz CT molecular complexity index is 375. The lowest BCUT2D eigenvalue weighted by Crippen LogP contribution is -2.48. The highest BCUT2D eigenvalue weighted by Gasteiger charge is 2.21. The summed E-state index contributed by atoms with van der Waals surface area (Å²) in [6, 6.07) is -1.52. The zero-order chi connectivity index (χ0) is 12.8. The van der Waals surface area contributed by atoms with E-state index in [0.29, 0.717) is 5.69 Å². The number of urea groups is 1. The van der Waals surface area contributed by atoms with E-state index in [0.717, 1.165) is 0 Å². The topological polar surface area (TPSA) is 107 Å². The van der Waals surface area contributed by atoms with E-state index in [4.69, 9.17) is 5.11 Å². The Labute approximate surface area is 98.6 Å². The monoisotopic (exact) mass is 240 g/mol. The molecule has 0 aliphatic heterocycles. The Morgan fingerprint density at radius 2 is 2.18 bits per heavy atom. The lowest BCUT2D eigenvalue weighted by molar-refractivity contribution is -0.139. The van der Waals surface area contributed by atoms with Gasteiger partial charge in [-0.2, -0.15) is 0 Å². The number of rotatable bonds is 5. The Hall–Kier alpha value is -2.05. The van der Waals surface area contributed by atoms with E-state index in [1.54, 1.807) is 13.8 Å². The highest BCUT2D eigenvalue weighted by molar-refractivity contribution is 5.82. The number of carbonyl (C=O) groups excluding carboxylic acids is 1. The molecule has 0 spiro atoms. The Balaban J connectivity index is 2.55. The van der Waals surface area contributed by atoms with Gasteiger partial charge in [-0.3, -0.25) is 0 Å². The quantitative estimate of drug-likeness (QED) is 0.586. The van der Waals surface area contributed by atoms with Gasteiger partial charge in [-0.1, -0.05) is 0 Å². The number of hydrogen-bond donors (Lipinski definition) is 4. The molecule has 1 rings (SSSR count). The van der Waals surface area contributed by atoms with E-state index in [-0.39, 0.29) is 12.5 Å². The van der Waals surface area contributed by atoms with Crippen LogP contribution >= 0.6 is 0 Å². The van der Waals surface area contributed by atoms with Crippen molar-refractivity contribution in [3.63, 3.8) is 0 Å². The van der Waals surface area contributed by atoms with Gasteiger partial charge in [0.05, 0.1) is 6.33 Å². The van der Waals surface area contributed by atoms with Crippen molar-refractivity contribution in [1.82, 2.24) is 20.6 Å². The molecular formula is C10H16N4O3. The second-order valence-corrected chi connectivity index (χ2v) is 3.94. The summed E-state index contributed by atoms with van der Waals surface area (Å²) in [6.45, 7) is 3.59. The molecule has 0 saturated carbocycles. The number of carbonyl (C=O) groups is 2. The first kappa shape index (κ1) is 13.0. The fraction of sp³-hybridized carbons (Fsp3) is 0.500. The van der Waals surface area contributed by atoms with E-state index in [9.17, 15) is 9.59 Å². The fourth-order valence-corrected chi connectivity index (χ4v) is 1.28. The van der Waals surface area contributed by atoms with Crippen molar-refractivity contribution in [3.8, 4) is 0 Å². The Kier molecular flexibility index (Phi) is 4.50. The molecular weight excluding hydrogens is 224 g/mol. The lowest BCUT2D eigenvalue weighted by Gasteiger charge is -2.15. The van der Waals surface area contributed by atoms with Crippen molar-refractivity contribution in [2.24, 2.45) is 0 Å². The van der Waals surface area contributed by atoms with Crippen molar-refractivity contribution in [1.29, 1.82) is 0 Å². The summed E-state index contributed by atoms with van der Waals surface area (Å²) in [5.41, 5.74) is 0.655. The third-order valence-electron chi connectivity index (χ3n) is 2.00. The van der Waals surface area contributed by atoms with Gasteiger partial charge >= 0.3 is 12.0 Å². The minimum absolute atomic E-state index is 0.0448. The number of aliphatic carboxylic acids is 1. The minimum Gasteiger partial charge on any atom is -0.480 e.